The Kier molecular flexibility index (Phi) is 10.9. The number of hydrogen-bond donors (Lipinski definition) is 2. The highest BCUT2D eigenvalue weighted by molar-refractivity contribution is 6.05. The number of rotatable bonds is 15. The van der Waals surface area contributed by atoms with Crippen molar-refractivity contribution in [1.82, 2.24) is 10.2 Å². The number of ether oxygens (including phenoxy) is 2. The summed E-state index contributed by atoms with van der Waals surface area (Å²) in [5.74, 6) is -3.31. The summed E-state index contributed by atoms with van der Waals surface area (Å²) in [6.45, 7) is 13.1. The number of hydrogen-bond acceptors (Lipinski definition) is 7. The summed E-state index contributed by atoms with van der Waals surface area (Å²) < 4.78 is 12.2. The Balaban J connectivity index is 1.50. The lowest BCUT2D eigenvalue weighted by atomic mass is 9.70. The zero-order valence-corrected chi connectivity index (χ0v) is 28.1. The van der Waals surface area contributed by atoms with Crippen molar-refractivity contribution in [1.29, 1.82) is 0 Å². The average molecular weight is 658 g/mol. The van der Waals surface area contributed by atoms with Crippen LogP contribution < -0.4 is 10.2 Å². The molecule has 3 aliphatic rings. The number of likely N-dealkylation sites (tertiary alicyclic amines) is 1. The first-order valence-electron chi connectivity index (χ1n) is 16.8. The van der Waals surface area contributed by atoms with Gasteiger partial charge in [-0.25, -0.2) is 0 Å². The van der Waals surface area contributed by atoms with E-state index in [2.05, 4.69) is 18.5 Å². The molecule has 0 aliphatic carbocycles. The second-order valence-electron chi connectivity index (χ2n) is 13.0. The lowest BCUT2D eigenvalue weighted by Crippen LogP contribution is -2.59. The molecule has 3 aliphatic heterocycles. The van der Waals surface area contributed by atoms with Gasteiger partial charge < -0.3 is 29.7 Å². The molecule has 3 saturated heterocycles. The predicted octanol–water partition coefficient (Wildman–Crippen LogP) is 4.33. The summed E-state index contributed by atoms with van der Waals surface area (Å²) in [7, 11) is 0. The van der Waals surface area contributed by atoms with Gasteiger partial charge in [0.05, 0.1) is 36.6 Å². The zero-order valence-electron chi connectivity index (χ0n) is 28.1. The largest absolute Gasteiger partial charge is 0.463 e. The Bertz CT molecular complexity index is 1520. The van der Waals surface area contributed by atoms with Crippen LogP contribution in [0.15, 0.2) is 73.8 Å². The number of esters is 1. The molecular formula is C38H47N3O7. The number of aliphatic hydroxyl groups excluding tert-OH is 1. The van der Waals surface area contributed by atoms with Crippen LogP contribution in [0.4, 0.5) is 5.69 Å². The van der Waals surface area contributed by atoms with Crippen molar-refractivity contribution in [2.45, 2.75) is 82.7 Å². The third-order valence-electron chi connectivity index (χ3n) is 10.1. The van der Waals surface area contributed by atoms with Gasteiger partial charge in [-0.05, 0) is 56.2 Å². The molecule has 0 unspecified atom stereocenters. The van der Waals surface area contributed by atoms with Crippen LogP contribution in [0.3, 0.4) is 0 Å². The normalized spacial score (nSPS) is 25.2. The maximum absolute atomic E-state index is 14.9. The molecule has 0 radical (unpaired) electrons. The van der Waals surface area contributed by atoms with Crippen LogP contribution >= 0.6 is 0 Å². The molecule has 0 aromatic heterocycles. The Morgan fingerprint density at radius 3 is 2.46 bits per heavy atom. The second-order valence-corrected chi connectivity index (χ2v) is 13.0. The van der Waals surface area contributed by atoms with Crippen LogP contribution in [0.1, 0.15) is 61.8 Å². The van der Waals surface area contributed by atoms with Gasteiger partial charge in [0.2, 0.25) is 11.8 Å². The molecule has 256 valence electrons. The van der Waals surface area contributed by atoms with Crippen molar-refractivity contribution in [3.63, 3.8) is 0 Å². The zero-order chi connectivity index (χ0) is 34.6. The van der Waals surface area contributed by atoms with Crippen LogP contribution in [-0.2, 0) is 28.7 Å². The first-order valence-corrected chi connectivity index (χ1v) is 16.8. The van der Waals surface area contributed by atoms with Crippen LogP contribution in [0.25, 0.3) is 0 Å². The van der Waals surface area contributed by atoms with E-state index in [1.807, 2.05) is 69.3 Å². The van der Waals surface area contributed by atoms with Gasteiger partial charge in [-0.15, -0.1) is 13.2 Å². The molecule has 10 heteroatoms. The quantitative estimate of drug-likeness (QED) is 0.216. The van der Waals surface area contributed by atoms with E-state index in [1.165, 1.54) is 4.90 Å². The smallest absolute Gasteiger partial charge is 0.306 e. The number of carbonyl (C=O) groups excluding carboxylic acids is 4. The maximum Gasteiger partial charge on any atom is 0.306 e. The predicted molar refractivity (Wildman–Crippen MR) is 182 cm³/mol. The lowest BCUT2D eigenvalue weighted by Gasteiger charge is -2.39. The molecule has 3 heterocycles. The van der Waals surface area contributed by atoms with Gasteiger partial charge in [0.1, 0.15) is 18.2 Å². The Morgan fingerprint density at radius 1 is 1.12 bits per heavy atom. The van der Waals surface area contributed by atoms with Crippen molar-refractivity contribution in [2.75, 3.05) is 24.7 Å². The summed E-state index contributed by atoms with van der Waals surface area (Å²) in [6, 6.07) is 12.6. The number of nitrogens with zero attached hydrogens (tertiary/aromatic N) is 2. The maximum atomic E-state index is 14.9. The van der Waals surface area contributed by atoms with E-state index in [0.29, 0.717) is 25.7 Å². The van der Waals surface area contributed by atoms with E-state index in [-0.39, 0.29) is 38.0 Å². The van der Waals surface area contributed by atoms with Crippen LogP contribution in [0.5, 0.6) is 0 Å². The van der Waals surface area contributed by atoms with E-state index in [9.17, 15) is 24.3 Å². The van der Waals surface area contributed by atoms with Crippen molar-refractivity contribution < 1.29 is 33.8 Å². The number of anilines is 1. The third kappa shape index (κ3) is 6.31. The summed E-state index contributed by atoms with van der Waals surface area (Å²) in [6.07, 6.45) is 4.69. The van der Waals surface area contributed by atoms with Gasteiger partial charge in [-0.1, -0.05) is 67.6 Å². The summed E-state index contributed by atoms with van der Waals surface area (Å²) in [5.41, 5.74) is 2.03. The number of benzene rings is 2. The number of aryl methyl sites for hydroxylation is 2. The van der Waals surface area contributed by atoms with Crippen LogP contribution in [0, 0.1) is 25.7 Å². The minimum absolute atomic E-state index is 0.0876. The SMILES string of the molecule is C=CCCC(=O)OC[C@@H](NC(=O)[C@@H]1[C@@H]2CC[C@]3(O2)[C@H](C(=O)N(CC=C)c2c(C)cccc2C)N([C@@H](CC)CO)C(=O)[C@@H]13)c1ccccc1. The average Bonchev–Trinajstić information content (AvgIpc) is 3.73. The first kappa shape index (κ1) is 35.0. The van der Waals surface area contributed by atoms with Gasteiger partial charge in [0.15, 0.2) is 0 Å². The lowest BCUT2D eigenvalue weighted by molar-refractivity contribution is -0.146. The van der Waals surface area contributed by atoms with Gasteiger partial charge in [0, 0.05) is 18.7 Å². The Hall–Kier alpha value is -4.28. The topological polar surface area (TPSA) is 125 Å². The van der Waals surface area contributed by atoms with Gasteiger partial charge in [0.25, 0.3) is 5.91 Å². The molecule has 2 aromatic carbocycles. The minimum atomic E-state index is -1.25. The van der Waals surface area contributed by atoms with Gasteiger partial charge >= 0.3 is 5.97 Å². The van der Waals surface area contributed by atoms with Crippen molar-refractivity contribution in [2.24, 2.45) is 11.8 Å². The molecule has 7 atom stereocenters. The Morgan fingerprint density at radius 2 is 1.83 bits per heavy atom. The molecule has 3 amide bonds. The second kappa shape index (κ2) is 14.9. The minimum Gasteiger partial charge on any atom is -0.463 e. The van der Waals surface area contributed by atoms with Crippen LogP contribution in [0.2, 0.25) is 0 Å². The molecule has 2 N–H and O–H groups in total. The van der Waals surface area contributed by atoms with E-state index in [4.69, 9.17) is 9.47 Å². The Labute approximate surface area is 282 Å². The highest BCUT2D eigenvalue weighted by atomic mass is 16.5. The van der Waals surface area contributed by atoms with Crippen molar-refractivity contribution in [3.8, 4) is 0 Å². The third-order valence-corrected chi connectivity index (χ3v) is 10.1. The number of amides is 3. The number of para-hydroxylation sites is 1. The molecule has 0 saturated carbocycles. The van der Waals surface area contributed by atoms with Crippen molar-refractivity contribution in [3.05, 3.63) is 90.5 Å². The van der Waals surface area contributed by atoms with Gasteiger partial charge in [-0.3, -0.25) is 19.2 Å². The van der Waals surface area contributed by atoms with E-state index in [0.717, 1.165) is 22.4 Å². The molecule has 48 heavy (non-hydrogen) atoms. The summed E-state index contributed by atoms with van der Waals surface area (Å²) in [4.78, 5) is 59.3. The molecule has 1 spiro atoms. The molecule has 3 fully saturated rings. The van der Waals surface area contributed by atoms with Gasteiger partial charge in [-0.2, -0.15) is 0 Å². The summed E-state index contributed by atoms with van der Waals surface area (Å²) in [5, 5.41) is 13.5. The fourth-order valence-electron chi connectivity index (χ4n) is 7.92. The highest BCUT2D eigenvalue weighted by Crippen LogP contribution is 2.59. The first-order chi connectivity index (χ1) is 23.1. The molecule has 10 nitrogen and oxygen atoms in total. The molecule has 2 aromatic rings. The molecule has 2 bridgehead atoms. The molecule has 5 rings (SSSR count). The van der Waals surface area contributed by atoms with E-state index in [1.54, 1.807) is 17.1 Å². The number of fused-ring (bicyclic) bond motifs is 1. The van der Waals surface area contributed by atoms with Crippen molar-refractivity contribution >= 4 is 29.4 Å². The number of aliphatic hydroxyl groups is 1. The van der Waals surface area contributed by atoms with E-state index < -0.39 is 53.5 Å². The monoisotopic (exact) mass is 657 g/mol. The summed E-state index contributed by atoms with van der Waals surface area (Å²) >= 11 is 0. The molecular weight excluding hydrogens is 610 g/mol. The number of nitrogens with one attached hydrogen (secondary N) is 1. The van der Waals surface area contributed by atoms with E-state index >= 15 is 0 Å². The fraction of sp³-hybridized carbons (Fsp3) is 0.474. The van der Waals surface area contributed by atoms with Crippen LogP contribution in [-0.4, -0.2) is 77.2 Å². The number of allylic oxidation sites excluding steroid dienone is 1. The fourth-order valence-corrected chi connectivity index (χ4v) is 7.92. The number of carbonyl (C=O) groups is 4. The standard InChI is InChI=1S/C38H47N3O7/c1-6-9-18-30(43)47-23-28(26-16-11-10-12-17-26)39-35(44)31-29-19-20-38(48-29)32(31)36(45)41(27(8-3)22-42)34(38)37(46)40(21-7-2)33-24(4)14-13-15-25(33)5/h6-7,10-17,27-29,31-32,34,42H,1-2,8-9,18-23H2,3-5H3,(H,39,44)/t27-,28+,29-,31+,32+,34-,38+/m0/s1. The highest BCUT2D eigenvalue weighted by Gasteiger charge is 2.75.